The molecule has 0 bridgehead atoms. The van der Waals surface area contributed by atoms with E-state index in [0.29, 0.717) is 33.7 Å². The third kappa shape index (κ3) is 5.58. The van der Waals surface area contributed by atoms with E-state index in [9.17, 15) is 14.4 Å². The Bertz CT molecular complexity index is 1210. The van der Waals surface area contributed by atoms with E-state index in [1.165, 1.54) is 6.08 Å². The van der Waals surface area contributed by atoms with E-state index in [-0.39, 0.29) is 23.2 Å². The van der Waals surface area contributed by atoms with Gasteiger partial charge in [0, 0.05) is 6.04 Å². The van der Waals surface area contributed by atoms with Gasteiger partial charge in [-0.15, -0.1) is 0 Å². The van der Waals surface area contributed by atoms with Gasteiger partial charge >= 0.3 is 6.03 Å². The Morgan fingerprint density at radius 3 is 2.43 bits per heavy atom. The van der Waals surface area contributed by atoms with Crippen LogP contribution in [0.25, 0.3) is 6.08 Å². The molecule has 4 rings (SSSR count). The molecule has 0 atom stereocenters. The van der Waals surface area contributed by atoms with Crippen LogP contribution in [0.3, 0.4) is 0 Å². The maximum Gasteiger partial charge on any atom is 0.331 e. The molecule has 0 radical (unpaired) electrons. The molecule has 1 saturated carbocycles. The monoisotopic (exact) mass is 536 g/mol. The molecule has 4 amide bonds. The Kier molecular flexibility index (Phi) is 7.89. The zero-order valence-electron chi connectivity index (χ0n) is 18.9. The first kappa shape index (κ1) is 25.4. The number of hydrogen-bond donors (Lipinski definition) is 1. The van der Waals surface area contributed by atoms with Crippen LogP contribution in [0.1, 0.15) is 43.7 Å². The smallest absolute Gasteiger partial charge is 0.331 e. The summed E-state index contributed by atoms with van der Waals surface area (Å²) >= 11 is 18.6. The Morgan fingerprint density at radius 1 is 1.00 bits per heavy atom. The fourth-order valence-corrected chi connectivity index (χ4v) is 4.79. The van der Waals surface area contributed by atoms with Crippen LogP contribution in [-0.2, 0) is 16.2 Å². The van der Waals surface area contributed by atoms with Gasteiger partial charge in [0.05, 0.1) is 21.7 Å². The molecule has 1 N–H and O–H groups in total. The lowest BCUT2D eigenvalue weighted by Gasteiger charge is -2.31. The number of nitrogens with one attached hydrogen (secondary N) is 1. The summed E-state index contributed by atoms with van der Waals surface area (Å²) in [6.07, 6.45) is 4.73. The van der Waals surface area contributed by atoms with Crippen molar-refractivity contribution in [3.8, 4) is 11.5 Å². The Morgan fingerprint density at radius 2 is 1.74 bits per heavy atom. The van der Waals surface area contributed by atoms with Gasteiger partial charge in [-0.1, -0.05) is 53.7 Å². The number of ether oxygens (including phenoxy) is 2. The molecule has 2 fully saturated rings. The lowest BCUT2D eigenvalue weighted by atomic mass is 10.0. The van der Waals surface area contributed by atoms with Gasteiger partial charge in [0.25, 0.3) is 11.8 Å². The maximum atomic E-state index is 13.1. The van der Waals surface area contributed by atoms with Crippen molar-refractivity contribution in [3.63, 3.8) is 0 Å². The summed E-state index contributed by atoms with van der Waals surface area (Å²) in [4.78, 5) is 39.1. The van der Waals surface area contributed by atoms with Crippen molar-refractivity contribution in [2.75, 3.05) is 6.61 Å². The van der Waals surface area contributed by atoms with Gasteiger partial charge in [-0.05, 0) is 61.2 Å². The first-order valence-corrected chi connectivity index (χ1v) is 12.4. The highest BCUT2D eigenvalue weighted by Crippen LogP contribution is 2.38. The fraction of sp³-hybridized carbons (Fsp3) is 0.320. The van der Waals surface area contributed by atoms with Crippen molar-refractivity contribution in [2.45, 2.75) is 45.3 Å². The summed E-state index contributed by atoms with van der Waals surface area (Å²) in [5.41, 5.74) is 1.10. The number of amides is 4. The summed E-state index contributed by atoms with van der Waals surface area (Å²) < 4.78 is 11.6. The second-order valence-electron chi connectivity index (χ2n) is 8.23. The van der Waals surface area contributed by atoms with E-state index in [4.69, 9.17) is 44.3 Å². The fourth-order valence-electron chi connectivity index (χ4n) is 4.19. The quantitative estimate of drug-likeness (QED) is 0.344. The van der Waals surface area contributed by atoms with Crippen molar-refractivity contribution in [1.82, 2.24) is 10.2 Å². The average molecular weight is 538 g/mol. The highest BCUT2D eigenvalue weighted by Gasteiger charge is 2.40. The standard InChI is InChI=1S/C25H23Cl3N2O5/c1-2-34-21-12-15(11-20(28)22(21)35-13-14-7-8-18(26)19(27)10-14)9-17-23(31)29-25(33)30(24(17)32)16-5-3-4-6-16/h7-12,16H,2-6,13H2,1H3,(H,29,31,33)/b17-9+. The summed E-state index contributed by atoms with van der Waals surface area (Å²) in [6.45, 7) is 2.31. The number of carbonyl (C=O) groups is 3. The van der Waals surface area contributed by atoms with E-state index < -0.39 is 17.8 Å². The van der Waals surface area contributed by atoms with Gasteiger partial charge in [-0.3, -0.25) is 19.8 Å². The van der Waals surface area contributed by atoms with Gasteiger partial charge in [-0.2, -0.15) is 0 Å². The van der Waals surface area contributed by atoms with Gasteiger partial charge in [0.2, 0.25) is 0 Å². The summed E-state index contributed by atoms with van der Waals surface area (Å²) in [5, 5.41) is 3.35. The molecule has 2 aliphatic rings. The van der Waals surface area contributed by atoms with E-state index in [1.807, 2.05) is 6.92 Å². The second kappa shape index (κ2) is 10.9. The molecule has 0 aromatic heterocycles. The number of nitrogens with zero attached hydrogens (tertiary/aromatic N) is 1. The van der Waals surface area contributed by atoms with Crippen LogP contribution in [0, 0.1) is 0 Å². The van der Waals surface area contributed by atoms with Crippen LogP contribution in [0.4, 0.5) is 4.79 Å². The molecule has 2 aromatic carbocycles. The van der Waals surface area contributed by atoms with Crippen LogP contribution in [0.15, 0.2) is 35.9 Å². The molecule has 2 aromatic rings. The van der Waals surface area contributed by atoms with Gasteiger partial charge in [0.15, 0.2) is 11.5 Å². The maximum absolute atomic E-state index is 13.1. The Labute approximate surface area is 217 Å². The zero-order valence-corrected chi connectivity index (χ0v) is 21.2. The van der Waals surface area contributed by atoms with Crippen LogP contribution < -0.4 is 14.8 Å². The number of barbiturate groups is 1. The third-order valence-electron chi connectivity index (χ3n) is 5.83. The van der Waals surface area contributed by atoms with Crippen molar-refractivity contribution in [2.24, 2.45) is 0 Å². The predicted molar refractivity (Wildman–Crippen MR) is 134 cm³/mol. The molecule has 1 saturated heterocycles. The molecule has 35 heavy (non-hydrogen) atoms. The topological polar surface area (TPSA) is 84.9 Å². The first-order chi connectivity index (χ1) is 16.8. The number of carbonyl (C=O) groups excluding carboxylic acids is 3. The Hall–Kier alpha value is -2.74. The number of benzene rings is 2. The molecular weight excluding hydrogens is 515 g/mol. The highest BCUT2D eigenvalue weighted by molar-refractivity contribution is 6.42. The first-order valence-electron chi connectivity index (χ1n) is 11.2. The molecule has 184 valence electrons. The summed E-state index contributed by atoms with van der Waals surface area (Å²) in [5.74, 6) is -0.703. The average Bonchev–Trinajstić information content (AvgIpc) is 3.33. The molecule has 10 heteroatoms. The largest absolute Gasteiger partial charge is 0.490 e. The van der Waals surface area contributed by atoms with Gasteiger partial charge in [0.1, 0.15) is 12.2 Å². The highest BCUT2D eigenvalue weighted by atomic mass is 35.5. The summed E-state index contributed by atoms with van der Waals surface area (Å²) in [7, 11) is 0. The molecule has 1 heterocycles. The lowest BCUT2D eigenvalue weighted by molar-refractivity contribution is -0.131. The number of urea groups is 1. The summed E-state index contributed by atoms with van der Waals surface area (Å²) in [6, 6.07) is 7.46. The molecule has 0 spiro atoms. The van der Waals surface area contributed by atoms with Crippen LogP contribution in [-0.4, -0.2) is 35.4 Å². The zero-order chi connectivity index (χ0) is 25.1. The Balaban J connectivity index is 1.62. The SMILES string of the molecule is CCOc1cc(/C=C2\C(=O)NC(=O)N(C3CCCC3)C2=O)cc(Cl)c1OCc1ccc(Cl)c(Cl)c1. The van der Waals surface area contributed by atoms with Crippen molar-refractivity contribution < 1.29 is 23.9 Å². The lowest BCUT2D eigenvalue weighted by Crippen LogP contribution is -2.57. The molecule has 7 nitrogen and oxygen atoms in total. The number of imide groups is 2. The van der Waals surface area contributed by atoms with Crippen molar-refractivity contribution >= 4 is 58.7 Å². The third-order valence-corrected chi connectivity index (χ3v) is 6.85. The van der Waals surface area contributed by atoms with E-state index in [1.54, 1.807) is 30.3 Å². The molecule has 1 aliphatic carbocycles. The minimum atomic E-state index is -0.747. The van der Waals surface area contributed by atoms with E-state index >= 15 is 0 Å². The van der Waals surface area contributed by atoms with Crippen LogP contribution in [0.2, 0.25) is 15.1 Å². The molecule has 0 unspecified atom stereocenters. The predicted octanol–water partition coefficient (Wildman–Crippen LogP) is 6.03. The van der Waals surface area contributed by atoms with Crippen LogP contribution >= 0.6 is 34.8 Å². The second-order valence-corrected chi connectivity index (χ2v) is 9.45. The number of halogens is 3. The minimum absolute atomic E-state index is 0.139. The van der Waals surface area contributed by atoms with Gasteiger partial charge < -0.3 is 9.47 Å². The molecular formula is C25H23Cl3N2O5. The van der Waals surface area contributed by atoms with Gasteiger partial charge in [-0.25, -0.2) is 4.79 Å². The molecule has 1 aliphatic heterocycles. The number of rotatable bonds is 7. The van der Waals surface area contributed by atoms with E-state index in [0.717, 1.165) is 36.1 Å². The van der Waals surface area contributed by atoms with Crippen molar-refractivity contribution in [3.05, 3.63) is 62.1 Å². The normalized spacial score (nSPS) is 17.8. The van der Waals surface area contributed by atoms with Crippen LogP contribution in [0.5, 0.6) is 11.5 Å². The van der Waals surface area contributed by atoms with Crippen molar-refractivity contribution in [1.29, 1.82) is 0 Å². The number of hydrogen-bond acceptors (Lipinski definition) is 5. The minimum Gasteiger partial charge on any atom is -0.490 e. The van der Waals surface area contributed by atoms with E-state index in [2.05, 4.69) is 5.32 Å².